The van der Waals surface area contributed by atoms with Crippen LogP contribution in [-0.4, -0.2) is 22.5 Å². The summed E-state index contributed by atoms with van der Waals surface area (Å²) in [6, 6.07) is 0. The van der Waals surface area contributed by atoms with Crippen molar-refractivity contribution in [1.82, 2.24) is 20.6 Å². The Hall–Kier alpha value is -1.47. The van der Waals surface area contributed by atoms with E-state index in [0.29, 0.717) is 13.1 Å². The van der Waals surface area contributed by atoms with Crippen molar-refractivity contribution in [3.05, 3.63) is 32.2 Å². The molecular formula is C15H23N5S2. The van der Waals surface area contributed by atoms with Crippen molar-refractivity contribution in [1.29, 1.82) is 0 Å². The lowest BCUT2D eigenvalue weighted by Crippen LogP contribution is -2.36. The smallest absolute Gasteiger partial charge is 0.192 e. The first-order valence-electron chi connectivity index (χ1n) is 7.64. The second kappa shape index (κ2) is 8.85. The summed E-state index contributed by atoms with van der Waals surface area (Å²) in [5, 5.41) is 8.73. The van der Waals surface area contributed by atoms with Gasteiger partial charge in [0.15, 0.2) is 5.96 Å². The highest BCUT2D eigenvalue weighted by Gasteiger charge is 2.04. The van der Waals surface area contributed by atoms with Gasteiger partial charge in [0, 0.05) is 28.7 Å². The van der Waals surface area contributed by atoms with Gasteiger partial charge >= 0.3 is 0 Å². The molecule has 0 aliphatic heterocycles. The lowest BCUT2D eigenvalue weighted by atomic mass is 10.4. The number of guanidine groups is 1. The second-order valence-electron chi connectivity index (χ2n) is 4.70. The molecule has 0 spiro atoms. The van der Waals surface area contributed by atoms with Crippen LogP contribution in [0.25, 0.3) is 0 Å². The van der Waals surface area contributed by atoms with Crippen molar-refractivity contribution in [2.75, 3.05) is 6.54 Å². The molecule has 22 heavy (non-hydrogen) atoms. The van der Waals surface area contributed by atoms with E-state index in [4.69, 9.17) is 0 Å². The lowest BCUT2D eigenvalue weighted by molar-refractivity contribution is 0.810. The monoisotopic (exact) mass is 337 g/mol. The van der Waals surface area contributed by atoms with Crippen LogP contribution in [0.2, 0.25) is 0 Å². The van der Waals surface area contributed by atoms with Gasteiger partial charge in [-0.15, -0.1) is 22.7 Å². The minimum absolute atomic E-state index is 0.609. The van der Waals surface area contributed by atoms with E-state index in [1.54, 1.807) is 22.7 Å². The maximum Gasteiger partial charge on any atom is 0.192 e. The van der Waals surface area contributed by atoms with Gasteiger partial charge in [0.2, 0.25) is 0 Å². The number of hydrogen-bond donors (Lipinski definition) is 2. The van der Waals surface area contributed by atoms with E-state index in [-0.39, 0.29) is 0 Å². The van der Waals surface area contributed by atoms with Crippen molar-refractivity contribution >= 4 is 28.6 Å². The zero-order valence-corrected chi connectivity index (χ0v) is 15.0. The number of aromatic nitrogens is 2. The van der Waals surface area contributed by atoms with E-state index in [1.165, 1.54) is 9.75 Å². The molecule has 0 radical (unpaired) electrons. The Morgan fingerprint density at radius 3 is 2.23 bits per heavy atom. The summed E-state index contributed by atoms with van der Waals surface area (Å²) >= 11 is 3.48. The van der Waals surface area contributed by atoms with Gasteiger partial charge in [-0.3, -0.25) is 0 Å². The standard InChI is InChI=1S/C15H23N5S2/c1-4-11-7-17-13(21-11)9-19-15(16-6-3)20-10-14-18-8-12(5-2)22-14/h7-8H,4-6,9-10H2,1-3H3,(H2,16,19,20). The van der Waals surface area contributed by atoms with Crippen molar-refractivity contribution < 1.29 is 0 Å². The number of rotatable bonds is 7. The molecule has 2 rings (SSSR count). The van der Waals surface area contributed by atoms with Crippen LogP contribution in [0.15, 0.2) is 17.4 Å². The quantitative estimate of drug-likeness (QED) is 0.602. The molecule has 2 aromatic rings. The molecule has 2 heterocycles. The van der Waals surface area contributed by atoms with Crippen LogP contribution in [0.4, 0.5) is 0 Å². The van der Waals surface area contributed by atoms with Gasteiger partial charge in [0.05, 0.1) is 13.1 Å². The molecule has 0 unspecified atom stereocenters. The SMILES string of the molecule is CCNC(=NCc1ncc(CC)s1)NCc1ncc(CC)s1. The van der Waals surface area contributed by atoms with Gasteiger partial charge in [0.25, 0.3) is 0 Å². The second-order valence-corrected chi connectivity index (χ2v) is 7.10. The average molecular weight is 338 g/mol. The molecule has 2 N–H and O–H groups in total. The number of aliphatic imine (C=N–C) groups is 1. The van der Waals surface area contributed by atoms with E-state index < -0.39 is 0 Å². The van der Waals surface area contributed by atoms with Gasteiger partial charge in [-0.2, -0.15) is 0 Å². The molecule has 0 atom stereocenters. The molecule has 0 bridgehead atoms. The first-order chi connectivity index (χ1) is 10.7. The third kappa shape index (κ3) is 5.06. The zero-order chi connectivity index (χ0) is 15.8. The Morgan fingerprint density at radius 1 is 1.00 bits per heavy atom. The topological polar surface area (TPSA) is 62.2 Å². The number of hydrogen-bond acceptors (Lipinski definition) is 5. The summed E-state index contributed by atoms with van der Waals surface area (Å²) in [5.41, 5.74) is 0. The normalized spacial score (nSPS) is 11.7. The van der Waals surface area contributed by atoms with Crippen LogP contribution in [0.5, 0.6) is 0 Å². The first kappa shape index (κ1) is 16.9. The van der Waals surface area contributed by atoms with Crippen molar-refractivity contribution in [2.45, 2.75) is 46.7 Å². The summed E-state index contributed by atoms with van der Waals surface area (Å²) in [6.07, 6.45) is 5.96. The molecule has 0 saturated heterocycles. The first-order valence-corrected chi connectivity index (χ1v) is 9.27. The molecular weight excluding hydrogens is 314 g/mol. The predicted octanol–water partition coefficient (Wildman–Crippen LogP) is 2.98. The summed E-state index contributed by atoms with van der Waals surface area (Å²) in [4.78, 5) is 16.0. The van der Waals surface area contributed by atoms with Crippen LogP contribution in [0.3, 0.4) is 0 Å². The summed E-state index contributed by atoms with van der Waals surface area (Å²) < 4.78 is 0. The fraction of sp³-hybridized carbons (Fsp3) is 0.533. The van der Waals surface area contributed by atoms with Gasteiger partial charge < -0.3 is 10.6 Å². The predicted molar refractivity (Wildman–Crippen MR) is 94.6 cm³/mol. The molecule has 120 valence electrons. The average Bonchev–Trinajstić information content (AvgIpc) is 3.18. The Labute approximate surface area is 139 Å². The summed E-state index contributed by atoms with van der Waals surface area (Å²) in [6.45, 7) is 8.50. The van der Waals surface area contributed by atoms with E-state index in [0.717, 1.165) is 35.4 Å². The molecule has 0 aliphatic carbocycles. The highest BCUT2D eigenvalue weighted by Crippen LogP contribution is 2.14. The number of thiazole rings is 2. The summed E-state index contributed by atoms with van der Waals surface area (Å²) in [5.74, 6) is 0.809. The highest BCUT2D eigenvalue weighted by molar-refractivity contribution is 7.11. The van der Waals surface area contributed by atoms with Crippen LogP contribution in [0, 0.1) is 0 Å². The van der Waals surface area contributed by atoms with Gasteiger partial charge in [0.1, 0.15) is 10.0 Å². The number of nitrogens with one attached hydrogen (secondary N) is 2. The lowest BCUT2D eigenvalue weighted by Gasteiger charge is -2.09. The highest BCUT2D eigenvalue weighted by atomic mass is 32.1. The Bertz CT molecular complexity index is 603. The molecule has 0 amide bonds. The van der Waals surface area contributed by atoms with Crippen LogP contribution in [-0.2, 0) is 25.9 Å². The largest absolute Gasteiger partial charge is 0.357 e. The third-order valence-electron chi connectivity index (χ3n) is 3.02. The molecule has 0 aromatic carbocycles. The maximum absolute atomic E-state index is 4.59. The number of aryl methyl sites for hydroxylation is 2. The Morgan fingerprint density at radius 2 is 1.64 bits per heavy atom. The van der Waals surface area contributed by atoms with Crippen LogP contribution in [0.1, 0.15) is 40.5 Å². The molecule has 0 aliphatic rings. The molecule has 0 saturated carbocycles. The van der Waals surface area contributed by atoms with Crippen LogP contribution >= 0.6 is 22.7 Å². The van der Waals surface area contributed by atoms with E-state index in [9.17, 15) is 0 Å². The van der Waals surface area contributed by atoms with Crippen molar-refractivity contribution in [2.24, 2.45) is 4.99 Å². The molecule has 2 aromatic heterocycles. The van der Waals surface area contributed by atoms with E-state index in [2.05, 4.69) is 46.4 Å². The molecule has 5 nitrogen and oxygen atoms in total. The minimum atomic E-state index is 0.609. The fourth-order valence-electron chi connectivity index (χ4n) is 1.83. The fourth-order valence-corrected chi connectivity index (χ4v) is 3.41. The molecule has 7 heteroatoms. The minimum Gasteiger partial charge on any atom is -0.357 e. The van der Waals surface area contributed by atoms with Gasteiger partial charge in [-0.05, 0) is 19.8 Å². The van der Waals surface area contributed by atoms with Crippen molar-refractivity contribution in [3.63, 3.8) is 0 Å². The van der Waals surface area contributed by atoms with Gasteiger partial charge in [-0.1, -0.05) is 13.8 Å². The Balaban J connectivity index is 1.91. The zero-order valence-electron chi connectivity index (χ0n) is 13.3. The summed E-state index contributed by atoms with van der Waals surface area (Å²) in [7, 11) is 0. The molecule has 0 fully saturated rings. The van der Waals surface area contributed by atoms with E-state index in [1.807, 2.05) is 12.4 Å². The number of nitrogens with zero attached hydrogens (tertiary/aromatic N) is 3. The third-order valence-corrected chi connectivity index (χ3v) is 5.29. The van der Waals surface area contributed by atoms with Gasteiger partial charge in [-0.25, -0.2) is 15.0 Å². The Kier molecular flexibility index (Phi) is 6.79. The van der Waals surface area contributed by atoms with E-state index >= 15 is 0 Å². The van der Waals surface area contributed by atoms with Crippen LogP contribution < -0.4 is 10.6 Å². The van der Waals surface area contributed by atoms with Crippen molar-refractivity contribution in [3.8, 4) is 0 Å². The maximum atomic E-state index is 4.59.